The van der Waals surface area contributed by atoms with Gasteiger partial charge in [-0.25, -0.2) is 8.42 Å². The molecule has 24 heavy (non-hydrogen) atoms. The number of carbonyl (C=O) groups excluding carboxylic acids is 1. The van der Waals surface area contributed by atoms with Crippen LogP contribution in [0.1, 0.15) is 31.0 Å². The van der Waals surface area contributed by atoms with Gasteiger partial charge in [-0.2, -0.15) is 0 Å². The van der Waals surface area contributed by atoms with E-state index in [9.17, 15) is 13.2 Å². The Morgan fingerprint density at radius 2 is 1.62 bits per heavy atom. The zero-order valence-corrected chi connectivity index (χ0v) is 14.8. The van der Waals surface area contributed by atoms with E-state index in [1.54, 1.807) is 18.2 Å². The predicted octanol–water partition coefficient (Wildman–Crippen LogP) is 3.26. The molecule has 0 aliphatic carbocycles. The summed E-state index contributed by atoms with van der Waals surface area (Å²) in [4.78, 5) is 12.4. The fourth-order valence-electron chi connectivity index (χ4n) is 2.38. The van der Waals surface area contributed by atoms with Crippen LogP contribution in [-0.2, 0) is 14.6 Å². The van der Waals surface area contributed by atoms with Crippen LogP contribution in [0.5, 0.6) is 0 Å². The third-order valence-corrected chi connectivity index (χ3v) is 4.57. The van der Waals surface area contributed by atoms with Crippen molar-refractivity contribution in [1.82, 2.24) is 5.32 Å². The minimum absolute atomic E-state index is 0.214. The van der Waals surface area contributed by atoms with Crippen LogP contribution in [0.15, 0.2) is 71.1 Å². The molecule has 0 unspecified atom stereocenters. The number of carbonyl (C=O) groups is 1. The fourth-order valence-corrected chi connectivity index (χ4v) is 3.05. The van der Waals surface area contributed by atoms with Gasteiger partial charge in [-0.15, -0.1) is 0 Å². The molecule has 126 valence electrons. The van der Waals surface area contributed by atoms with Crippen molar-refractivity contribution in [3.8, 4) is 0 Å². The van der Waals surface area contributed by atoms with E-state index in [-0.39, 0.29) is 10.8 Å². The molecule has 1 N–H and O–H groups in total. The molecule has 0 saturated carbocycles. The third kappa shape index (κ3) is 4.80. The number of sulfone groups is 1. The van der Waals surface area contributed by atoms with Crippen LogP contribution in [0.2, 0.25) is 0 Å². The van der Waals surface area contributed by atoms with Crippen LogP contribution in [0.25, 0.3) is 0 Å². The van der Waals surface area contributed by atoms with E-state index < -0.39 is 15.9 Å². The highest BCUT2D eigenvalue weighted by Gasteiger charge is 2.18. The Morgan fingerprint density at radius 1 is 1.00 bits per heavy atom. The summed E-state index contributed by atoms with van der Waals surface area (Å²) in [5.74, 6) is -0.214. The second-order valence-electron chi connectivity index (χ2n) is 5.92. The van der Waals surface area contributed by atoms with Gasteiger partial charge in [-0.3, -0.25) is 4.79 Å². The molecule has 0 aliphatic rings. The number of hydrogen-bond donors (Lipinski definition) is 1. The molecule has 0 heterocycles. The summed E-state index contributed by atoms with van der Waals surface area (Å²) in [6, 6.07) is 15.7. The second kappa shape index (κ2) is 7.45. The zero-order chi connectivity index (χ0) is 17.7. The van der Waals surface area contributed by atoms with Crippen LogP contribution in [0.3, 0.4) is 0 Å². The lowest BCUT2D eigenvalue weighted by atomic mass is 9.98. The van der Waals surface area contributed by atoms with Gasteiger partial charge in [0.05, 0.1) is 10.9 Å². The van der Waals surface area contributed by atoms with Crippen molar-refractivity contribution in [1.29, 1.82) is 0 Å². The highest BCUT2D eigenvalue weighted by Crippen LogP contribution is 2.24. The highest BCUT2D eigenvalue weighted by atomic mass is 32.2. The van der Waals surface area contributed by atoms with E-state index in [1.165, 1.54) is 12.3 Å². The van der Waals surface area contributed by atoms with Gasteiger partial charge < -0.3 is 5.32 Å². The summed E-state index contributed by atoms with van der Waals surface area (Å²) in [6.07, 6.45) is 2.70. The van der Waals surface area contributed by atoms with E-state index in [1.807, 2.05) is 50.2 Å². The van der Waals surface area contributed by atoms with Crippen LogP contribution in [0, 0.1) is 0 Å². The Hall–Kier alpha value is -2.40. The van der Waals surface area contributed by atoms with E-state index in [0.717, 1.165) is 16.7 Å². The van der Waals surface area contributed by atoms with E-state index >= 15 is 0 Å². The second-order valence-corrected chi connectivity index (χ2v) is 7.93. The maximum Gasteiger partial charge on any atom is 0.244 e. The van der Waals surface area contributed by atoms with Gasteiger partial charge >= 0.3 is 0 Å². The van der Waals surface area contributed by atoms with Crippen LogP contribution < -0.4 is 5.32 Å². The molecular formula is C19H21NO3S. The van der Waals surface area contributed by atoms with Gasteiger partial charge in [0.1, 0.15) is 0 Å². The molecular weight excluding hydrogens is 322 g/mol. The third-order valence-electron chi connectivity index (χ3n) is 3.46. The Bertz CT molecular complexity index is 851. The lowest BCUT2D eigenvalue weighted by Gasteiger charge is -2.20. The van der Waals surface area contributed by atoms with Crippen LogP contribution in [-0.4, -0.2) is 20.6 Å². The number of rotatable bonds is 5. The van der Waals surface area contributed by atoms with Gasteiger partial charge in [0, 0.05) is 12.3 Å². The number of nitrogens with one attached hydrogen (secondary N) is 1. The predicted molar refractivity (Wildman–Crippen MR) is 95.4 cm³/mol. The molecule has 2 aromatic rings. The number of amides is 1. The molecule has 1 amide bonds. The van der Waals surface area contributed by atoms with Gasteiger partial charge in [-0.05, 0) is 37.1 Å². The standard InChI is InChI=1S/C19H21NO3S/c1-14(2)12-18(21)20-19(15-8-5-4-6-9-15)16-10-7-11-17(13-16)24(3,22)23/h4-13,19H,1-3H3,(H,20,21)/t19-/m0/s1. The summed E-state index contributed by atoms with van der Waals surface area (Å²) in [5, 5.41) is 2.95. The summed E-state index contributed by atoms with van der Waals surface area (Å²) >= 11 is 0. The molecule has 0 fully saturated rings. The minimum Gasteiger partial charge on any atom is -0.342 e. The molecule has 0 bridgehead atoms. The SMILES string of the molecule is CC(C)=CC(=O)N[C@@H](c1ccccc1)c1cccc(S(C)(=O)=O)c1. The zero-order valence-electron chi connectivity index (χ0n) is 14.0. The maximum absolute atomic E-state index is 12.2. The number of benzene rings is 2. The molecule has 4 nitrogen and oxygen atoms in total. The first kappa shape index (κ1) is 17.9. The van der Waals surface area contributed by atoms with Crippen molar-refractivity contribution in [2.75, 3.05) is 6.26 Å². The molecule has 0 radical (unpaired) electrons. The molecule has 0 aliphatic heterocycles. The molecule has 2 rings (SSSR count). The Morgan fingerprint density at radius 3 is 2.21 bits per heavy atom. The summed E-state index contributed by atoms with van der Waals surface area (Å²) in [6.45, 7) is 3.70. The van der Waals surface area contributed by atoms with Gasteiger partial charge in [-0.1, -0.05) is 48.0 Å². The maximum atomic E-state index is 12.2. The van der Waals surface area contributed by atoms with Gasteiger partial charge in [0.25, 0.3) is 0 Å². The average Bonchev–Trinajstić information content (AvgIpc) is 2.52. The fraction of sp³-hybridized carbons (Fsp3) is 0.211. The lowest BCUT2D eigenvalue weighted by Crippen LogP contribution is -2.28. The topological polar surface area (TPSA) is 63.2 Å². The largest absolute Gasteiger partial charge is 0.342 e. The monoisotopic (exact) mass is 343 g/mol. The van der Waals surface area contributed by atoms with Crippen molar-refractivity contribution < 1.29 is 13.2 Å². The molecule has 1 atom stereocenters. The van der Waals surface area contributed by atoms with Crippen LogP contribution >= 0.6 is 0 Å². The van der Waals surface area contributed by atoms with Gasteiger partial charge in [0.15, 0.2) is 9.84 Å². The highest BCUT2D eigenvalue weighted by molar-refractivity contribution is 7.90. The minimum atomic E-state index is -3.31. The molecule has 0 aromatic heterocycles. The van der Waals surface area contributed by atoms with Crippen molar-refractivity contribution in [3.05, 3.63) is 77.4 Å². The summed E-state index contributed by atoms with van der Waals surface area (Å²) in [5.41, 5.74) is 2.50. The summed E-state index contributed by atoms with van der Waals surface area (Å²) in [7, 11) is -3.31. The first-order valence-electron chi connectivity index (χ1n) is 7.58. The smallest absolute Gasteiger partial charge is 0.244 e. The molecule has 5 heteroatoms. The Balaban J connectivity index is 2.47. The van der Waals surface area contributed by atoms with Crippen molar-refractivity contribution in [2.24, 2.45) is 0 Å². The van der Waals surface area contributed by atoms with E-state index in [2.05, 4.69) is 5.32 Å². The lowest BCUT2D eigenvalue weighted by molar-refractivity contribution is -0.117. The first-order valence-corrected chi connectivity index (χ1v) is 9.47. The Kier molecular flexibility index (Phi) is 5.57. The quantitative estimate of drug-likeness (QED) is 0.848. The van der Waals surface area contributed by atoms with Gasteiger partial charge in [0.2, 0.25) is 5.91 Å². The normalized spacial score (nSPS) is 12.3. The average molecular weight is 343 g/mol. The van der Waals surface area contributed by atoms with Crippen LogP contribution in [0.4, 0.5) is 0 Å². The number of allylic oxidation sites excluding steroid dienone is 1. The van der Waals surface area contributed by atoms with Crippen molar-refractivity contribution in [2.45, 2.75) is 24.8 Å². The molecule has 0 spiro atoms. The number of hydrogen-bond acceptors (Lipinski definition) is 3. The molecule has 0 saturated heterocycles. The van der Waals surface area contributed by atoms with E-state index in [0.29, 0.717) is 0 Å². The Labute approximate surface area is 143 Å². The summed E-state index contributed by atoms with van der Waals surface area (Å²) < 4.78 is 23.6. The van der Waals surface area contributed by atoms with Crippen molar-refractivity contribution in [3.63, 3.8) is 0 Å². The molecule has 2 aromatic carbocycles. The van der Waals surface area contributed by atoms with E-state index in [4.69, 9.17) is 0 Å². The van der Waals surface area contributed by atoms with Crippen molar-refractivity contribution >= 4 is 15.7 Å². The first-order chi connectivity index (χ1) is 11.3.